The number of methoxy groups -OCH3 is 1. The van der Waals surface area contributed by atoms with Crippen LogP contribution in [0.3, 0.4) is 0 Å². The summed E-state index contributed by atoms with van der Waals surface area (Å²) < 4.78 is 32.4. The van der Waals surface area contributed by atoms with Gasteiger partial charge in [0.25, 0.3) is 5.91 Å². The first kappa shape index (κ1) is 19.8. The molecule has 0 aliphatic carbocycles. The minimum atomic E-state index is -3.61. The van der Waals surface area contributed by atoms with Gasteiger partial charge in [-0.1, -0.05) is 6.07 Å². The number of aryl methyl sites for hydroxylation is 1. The van der Waals surface area contributed by atoms with Crippen LogP contribution in [0.1, 0.15) is 22.8 Å². The fourth-order valence-electron chi connectivity index (χ4n) is 2.79. The van der Waals surface area contributed by atoms with Crippen molar-refractivity contribution in [2.75, 3.05) is 46.9 Å². The van der Waals surface area contributed by atoms with Crippen LogP contribution in [-0.2, 0) is 14.8 Å². The van der Waals surface area contributed by atoms with Crippen molar-refractivity contribution < 1.29 is 17.9 Å². The Morgan fingerprint density at radius 2 is 1.92 bits per heavy atom. The van der Waals surface area contributed by atoms with Crippen molar-refractivity contribution >= 4 is 15.9 Å². The van der Waals surface area contributed by atoms with E-state index in [0.717, 1.165) is 0 Å². The summed E-state index contributed by atoms with van der Waals surface area (Å²) in [4.78, 5) is 14.7. The van der Waals surface area contributed by atoms with Crippen LogP contribution in [0, 0.1) is 6.92 Å². The smallest absolute Gasteiger partial charge is 0.251 e. The van der Waals surface area contributed by atoms with Crippen LogP contribution in [0.4, 0.5) is 0 Å². The summed E-state index contributed by atoms with van der Waals surface area (Å²) in [5.74, 6) is -0.306. The van der Waals surface area contributed by atoms with Gasteiger partial charge < -0.3 is 15.0 Å². The van der Waals surface area contributed by atoms with E-state index in [1.54, 1.807) is 26.2 Å². The standard InChI is InChI=1S/C17H27N3O4S/c1-13-5-6-15(17(21)18-14(2)12-24-4)11-16(13)25(22,23)20-9-7-19(3)8-10-20/h5-6,11,14H,7-10,12H2,1-4H3,(H,18,21)/t14-/m0/s1. The monoisotopic (exact) mass is 369 g/mol. The quantitative estimate of drug-likeness (QED) is 0.798. The minimum absolute atomic E-state index is 0.156. The summed E-state index contributed by atoms with van der Waals surface area (Å²) in [6.45, 7) is 6.29. The number of hydrogen-bond donors (Lipinski definition) is 1. The molecule has 1 aliphatic rings. The van der Waals surface area contributed by atoms with E-state index in [4.69, 9.17) is 4.74 Å². The van der Waals surface area contributed by atoms with Crippen LogP contribution in [0.2, 0.25) is 0 Å². The Balaban J connectivity index is 2.25. The molecule has 1 amide bonds. The molecule has 1 atom stereocenters. The van der Waals surface area contributed by atoms with Gasteiger partial charge in [-0.2, -0.15) is 4.31 Å². The molecule has 0 unspecified atom stereocenters. The number of rotatable bonds is 6. The lowest BCUT2D eigenvalue weighted by molar-refractivity contribution is 0.0905. The molecule has 1 aromatic rings. The van der Waals surface area contributed by atoms with Crippen LogP contribution in [0.25, 0.3) is 0 Å². The second-order valence-electron chi connectivity index (χ2n) is 6.52. The fourth-order valence-corrected chi connectivity index (χ4v) is 4.46. The number of nitrogens with one attached hydrogen (secondary N) is 1. The highest BCUT2D eigenvalue weighted by atomic mass is 32.2. The van der Waals surface area contributed by atoms with E-state index >= 15 is 0 Å². The van der Waals surface area contributed by atoms with Gasteiger partial charge in [0.15, 0.2) is 0 Å². The fraction of sp³-hybridized carbons (Fsp3) is 0.588. The maximum absolute atomic E-state index is 13.0. The molecule has 0 aromatic heterocycles. The lowest BCUT2D eigenvalue weighted by Crippen LogP contribution is -2.47. The Morgan fingerprint density at radius 1 is 1.28 bits per heavy atom. The lowest BCUT2D eigenvalue weighted by Gasteiger charge is -2.32. The van der Waals surface area contributed by atoms with Crippen molar-refractivity contribution in [3.8, 4) is 0 Å². The Kier molecular flexibility index (Phi) is 6.56. The van der Waals surface area contributed by atoms with Crippen LogP contribution in [0.15, 0.2) is 23.1 Å². The number of piperazine rings is 1. The number of ether oxygens (including phenoxy) is 1. The maximum Gasteiger partial charge on any atom is 0.251 e. The molecular formula is C17H27N3O4S. The second-order valence-corrected chi connectivity index (χ2v) is 8.42. The number of likely N-dealkylation sites (N-methyl/N-ethyl adjacent to an activating group) is 1. The molecule has 0 bridgehead atoms. The summed E-state index contributed by atoms with van der Waals surface area (Å²) in [6, 6.07) is 4.64. The molecule has 1 N–H and O–H groups in total. The molecule has 2 rings (SSSR count). The topological polar surface area (TPSA) is 78.9 Å². The van der Waals surface area contributed by atoms with E-state index < -0.39 is 10.0 Å². The molecule has 1 fully saturated rings. The zero-order valence-corrected chi connectivity index (χ0v) is 16.1. The molecule has 0 spiro atoms. The molecular weight excluding hydrogens is 342 g/mol. The first-order chi connectivity index (χ1) is 11.8. The first-order valence-electron chi connectivity index (χ1n) is 8.35. The Morgan fingerprint density at radius 3 is 2.52 bits per heavy atom. The minimum Gasteiger partial charge on any atom is -0.383 e. The van der Waals surface area contributed by atoms with Crippen molar-refractivity contribution in [3.05, 3.63) is 29.3 Å². The van der Waals surface area contributed by atoms with Gasteiger partial charge in [-0.15, -0.1) is 0 Å². The van der Waals surface area contributed by atoms with Crippen molar-refractivity contribution in [2.24, 2.45) is 0 Å². The van der Waals surface area contributed by atoms with Gasteiger partial charge in [0.1, 0.15) is 0 Å². The summed E-state index contributed by atoms with van der Waals surface area (Å²) in [6.07, 6.45) is 0. The van der Waals surface area contributed by atoms with E-state index in [1.807, 2.05) is 14.0 Å². The Hall–Kier alpha value is -1.48. The van der Waals surface area contributed by atoms with E-state index in [9.17, 15) is 13.2 Å². The molecule has 140 valence electrons. The number of nitrogens with zero attached hydrogens (tertiary/aromatic N) is 2. The van der Waals surface area contributed by atoms with Gasteiger partial charge in [-0.05, 0) is 38.6 Å². The average Bonchev–Trinajstić information content (AvgIpc) is 2.55. The number of hydrogen-bond acceptors (Lipinski definition) is 5. The average molecular weight is 369 g/mol. The molecule has 0 saturated carbocycles. The van der Waals surface area contributed by atoms with Crippen LogP contribution < -0.4 is 5.32 Å². The van der Waals surface area contributed by atoms with Crippen molar-refractivity contribution in [2.45, 2.75) is 24.8 Å². The largest absolute Gasteiger partial charge is 0.383 e. The van der Waals surface area contributed by atoms with Gasteiger partial charge >= 0.3 is 0 Å². The van der Waals surface area contributed by atoms with Crippen LogP contribution >= 0.6 is 0 Å². The van der Waals surface area contributed by atoms with Gasteiger partial charge in [-0.25, -0.2) is 8.42 Å². The predicted molar refractivity (Wildman–Crippen MR) is 96.2 cm³/mol. The number of sulfonamides is 1. The second kappa shape index (κ2) is 8.27. The molecule has 1 aromatic carbocycles. The molecule has 7 nitrogen and oxygen atoms in total. The van der Waals surface area contributed by atoms with Crippen molar-refractivity contribution in [1.82, 2.24) is 14.5 Å². The number of carbonyl (C=O) groups is 1. The summed E-state index contributed by atoms with van der Waals surface area (Å²) in [5, 5.41) is 2.80. The molecule has 1 heterocycles. The van der Waals surface area contributed by atoms with Gasteiger partial charge in [0, 0.05) is 44.9 Å². The van der Waals surface area contributed by atoms with E-state index in [0.29, 0.717) is 43.9 Å². The van der Waals surface area contributed by atoms with Gasteiger partial charge in [0.2, 0.25) is 10.0 Å². The molecule has 1 aliphatic heterocycles. The van der Waals surface area contributed by atoms with E-state index in [2.05, 4.69) is 10.2 Å². The van der Waals surface area contributed by atoms with Crippen molar-refractivity contribution in [1.29, 1.82) is 0 Å². The normalized spacial score (nSPS) is 18.1. The van der Waals surface area contributed by atoms with Gasteiger partial charge in [0.05, 0.1) is 11.5 Å². The molecule has 1 saturated heterocycles. The highest BCUT2D eigenvalue weighted by molar-refractivity contribution is 7.89. The first-order valence-corrected chi connectivity index (χ1v) is 9.79. The van der Waals surface area contributed by atoms with E-state index in [-0.39, 0.29) is 16.8 Å². The zero-order chi connectivity index (χ0) is 18.6. The molecule has 25 heavy (non-hydrogen) atoms. The van der Waals surface area contributed by atoms with E-state index in [1.165, 1.54) is 10.4 Å². The van der Waals surface area contributed by atoms with Crippen LogP contribution in [-0.4, -0.2) is 76.5 Å². The number of amides is 1. The zero-order valence-electron chi connectivity index (χ0n) is 15.3. The Labute approximate surface area is 150 Å². The predicted octanol–water partition coefficient (Wildman–Crippen LogP) is 0.696. The third-order valence-corrected chi connectivity index (χ3v) is 6.37. The highest BCUT2D eigenvalue weighted by Crippen LogP contribution is 2.22. The SMILES string of the molecule is COC[C@H](C)NC(=O)c1ccc(C)c(S(=O)(=O)N2CCN(C)CC2)c1. The van der Waals surface area contributed by atoms with Crippen LogP contribution in [0.5, 0.6) is 0 Å². The Bertz CT molecular complexity index is 713. The third-order valence-electron chi connectivity index (χ3n) is 4.32. The molecule has 8 heteroatoms. The number of carbonyl (C=O) groups excluding carboxylic acids is 1. The van der Waals surface area contributed by atoms with Crippen molar-refractivity contribution in [3.63, 3.8) is 0 Å². The lowest BCUT2D eigenvalue weighted by atomic mass is 10.1. The summed E-state index contributed by atoms with van der Waals surface area (Å²) in [5.41, 5.74) is 0.974. The van der Waals surface area contributed by atoms with Gasteiger partial charge in [-0.3, -0.25) is 4.79 Å². The highest BCUT2D eigenvalue weighted by Gasteiger charge is 2.29. The summed E-state index contributed by atoms with van der Waals surface area (Å²) in [7, 11) is -0.0706. The molecule has 0 radical (unpaired) electrons. The summed E-state index contributed by atoms with van der Waals surface area (Å²) >= 11 is 0. The third kappa shape index (κ3) is 4.78. The number of benzene rings is 1. The maximum atomic E-state index is 13.0.